The molecule has 4 aliphatic rings. The van der Waals surface area contributed by atoms with Gasteiger partial charge >= 0.3 is 5.97 Å². The Morgan fingerprint density at radius 1 is 1.18 bits per heavy atom. The fourth-order valence-corrected chi connectivity index (χ4v) is 5.40. The lowest BCUT2D eigenvalue weighted by Gasteiger charge is -2.39. The van der Waals surface area contributed by atoms with E-state index in [1.165, 1.54) is 12.8 Å². The third-order valence-electron chi connectivity index (χ3n) is 6.61. The second-order valence-electron chi connectivity index (χ2n) is 8.36. The van der Waals surface area contributed by atoms with Crippen LogP contribution >= 0.6 is 0 Å². The third-order valence-corrected chi connectivity index (χ3v) is 6.61. The Balaban J connectivity index is 1.50. The van der Waals surface area contributed by atoms with Gasteiger partial charge in [-0.05, 0) is 48.9 Å². The molecule has 0 aromatic rings. The van der Waals surface area contributed by atoms with Crippen LogP contribution in [0.15, 0.2) is 12.2 Å². The van der Waals surface area contributed by atoms with Crippen molar-refractivity contribution in [3.8, 4) is 0 Å². The second-order valence-corrected chi connectivity index (χ2v) is 8.36. The van der Waals surface area contributed by atoms with Crippen LogP contribution in [0.2, 0.25) is 0 Å². The fraction of sp³-hybridized carbons (Fsp3) is 0.842. The number of carbonyl (C=O) groups is 1. The molecule has 1 aliphatic heterocycles. The summed E-state index contributed by atoms with van der Waals surface area (Å²) >= 11 is 0. The van der Waals surface area contributed by atoms with Crippen molar-refractivity contribution < 1.29 is 14.3 Å². The summed E-state index contributed by atoms with van der Waals surface area (Å²) in [6.45, 7) is 6.90. The number of allylic oxidation sites excluding steroid dienone is 2. The molecule has 2 saturated carbocycles. The van der Waals surface area contributed by atoms with Crippen molar-refractivity contribution in [1.82, 2.24) is 0 Å². The van der Waals surface area contributed by atoms with Crippen molar-refractivity contribution in [2.45, 2.75) is 58.8 Å². The Labute approximate surface area is 133 Å². The number of cyclic esters (lactones) is 1. The summed E-state index contributed by atoms with van der Waals surface area (Å²) in [4.78, 5) is 12.2. The van der Waals surface area contributed by atoms with E-state index in [1.54, 1.807) is 0 Å². The van der Waals surface area contributed by atoms with Crippen LogP contribution in [0.5, 0.6) is 0 Å². The number of ether oxygens (including phenoxy) is 2. The predicted octanol–water partition coefficient (Wildman–Crippen LogP) is 3.79. The molecule has 1 saturated heterocycles. The zero-order valence-electron chi connectivity index (χ0n) is 13.9. The highest BCUT2D eigenvalue weighted by atomic mass is 16.7. The molecule has 3 unspecified atom stereocenters. The lowest BCUT2D eigenvalue weighted by molar-refractivity contribution is -0.198. The SMILES string of the molecule is CC1CCC(C(C)C)C(O[C@@H]2OC(=O)[C@@H]3[C@H]2[C@@H]2C=C[C@H]3C2)C1. The van der Waals surface area contributed by atoms with Crippen molar-refractivity contribution >= 4 is 5.97 Å². The molecule has 0 N–H and O–H groups in total. The van der Waals surface area contributed by atoms with E-state index in [9.17, 15) is 4.79 Å². The smallest absolute Gasteiger partial charge is 0.312 e. The maximum Gasteiger partial charge on any atom is 0.312 e. The highest BCUT2D eigenvalue weighted by Gasteiger charge is 2.58. The Morgan fingerprint density at radius 3 is 2.73 bits per heavy atom. The molecule has 3 nitrogen and oxygen atoms in total. The molecule has 0 spiro atoms. The number of rotatable bonds is 3. The van der Waals surface area contributed by atoms with Gasteiger partial charge in [-0.3, -0.25) is 4.79 Å². The van der Waals surface area contributed by atoms with Gasteiger partial charge in [-0.25, -0.2) is 0 Å². The average molecular weight is 304 g/mol. The Morgan fingerprint density at radius 2 is 1.95 bits per heavy atom. The van der Waals surface area contributed by atoms with Gasteiger partial charge in [-0.1, -0.05) is 39.3 Å². The topological polar surface area (TPSA) is 35.5 Å². The highest BCUT2D eigenvalue weighted by molar-refractivity contribution is 5.77. The average Bonchev–Trinajstić information content (AvgIpc) is 3.13. The first kappa shape index (κ1) is 14.7. The van der Waals surface area contributed by atoms with E-state index >= 15 is 0 Å². The molecular formula is C19H28O3. The van der Waals surface area contributed by atoms with Gasteiger partial charge in [0.05, 0.1) is 12.0 Å². The van der Waals surface area contributed by atoms with E-state index in [2.05, 4.69) is 32.9 Å². The summed E-state index contributed by atoms with van der Waals surface area (Å²) in [5.41, 5.74) is 0. The summed E-state index contributed by atoms with van der Waals surface area (Å²) in [6, 6.07) is 0. The van der Waals surface area contributed by atoms with Gasteiger partial charge < -0.3 is 9.47 Å². The summed E-state index contributed by atoms with van der Waals surface area (Å²) in [5.74, 6) is 3.16. The van der Waals surface area contributed by atoms with Crippen molar-refractivity contribution in [2.75, 3.05) is 0 Å². The predicted molar refractivity (Wildman–Crippen MR) is 83.8 cm³/mol. The van der Waals surface area contributed by atoms with Gasteiger partial charge in [0.15, 0.2) is 0 Å². The number of esters is 1. The van der Waals surface area contributed by atoms with Gasteiger partial charge in [0.1, 0.15) is 0 Å². The Kier molecular flexibility index (Phi) is 3.60. The maximum absolute atomic E-state index is 12.2. The van der Waals surface area contributed by atoms with Crippen molar-refractivity contribution in [3.05, 3.63) is 12.2 Å². The minimum Gasteiger partial charge on any atom is -0.435 e. The van der Waals surface area contributed by atoms with Crippen LogP contribution in [-0.2, 0) is 14.3 Å². The lowest BCUT2D eigenvalue weighted by atomic mass is 9.75. The van der Waals surface area contributed by atoms with Crippen LogP contribution in [0.1, 0.15) is 46.5 Å². The minimum atomic E-state index is -0.297. The molecule has 0 aromatic carbocycles. The van der Waals surface area contributed by atoms with Crippen molar-refractivity contribution in [3.63, 3.8) is 0 Å². The fourth-order valence-electron chi connectivity index (χ4n) is 5.40. The molecule has 3 aliphatic carbocycles. The number of carbonyl (C=O) groups excluding carboxylic acids is 1. The molecule has 3 fully saturated rings. The first-order chi connectivity index (χ1) is 10.5. The van der Waals surface area contributed by atoms with E-state index < -0.39 is 0 Å². The third kappa shape index (κ3) is 2.24. The summed E-state index contributed by atoms with van der Waals surface area (Å²) in [6.07, 6.45) is 9.23. The van der Waals surface area contributed by atoms with E-state index in [4.69, 9.17) is 9.47 Å². The quantitative estimate of drug-likeness (QED) is 0.588. The van der Waals surface area contributed by atoms with E-state index in [1.807, 2.05) is 0 Å². The van der Waals surface area contributed by atoms with Gasteiger partial charge in [0.25, 0.3) is 0 Å². The molecule has 4 rings (SSSR count). The normalized spacial score (nSPS) is 49.7. The van der Waals surface area contributed by atoms with Gasteiger partial charge in [-0.15, -0.1) is 0 Å². The van der Waals surface area contributed by atoms with Crippen LogP contribution in [-0.4, -0.2) is 18.4 Å². The van der Waals surface area contributed by atoms with Gasteiger partial charge in [-0.2, -0.15) is 0 Å². The molecule has 0 aromatic heterocycles. The van der Waals surface area contributed by atoms with Crippen LogP contribution in [0, 0.1) is 41.4 Å². The maximum atomic E-state index is 12.2. The summed E-state index contributed by atoms with van der Waals surface area (Å²) in [5, 5.41) is 0. The molecule has 122 valence electrons. The van der Waals surface area contributed by atoms with Gasteiger partial charge in [0.2, 0.25) is 6.29 Å². The lowest BCUT2D eigenvalue weighted by Crippen LogP contribution is -2.39. The number of fused-ring (bicyclic) bond motifs is 5. The van der Waals surface area contributed by atoms with Crippen molar-refractivity contribution in [2.24, 2.45) is 41.4 Å². The molecule has 0 amide bonds. The molecular weight excluding hydrogens is 276 g/mol. The molecule has 1 heterocycles. The zero-order chi connectivity index (χ0) is 15.4. The van der Waals surface area contributed by atoms with Gasteiger partial charge in [0, 0.05) is 5.92 Å². The monoisotopic (exact) mass is 304 g/mol. The van der Waals surface area contributed by atoms with Crippen LogP contribution < -0.4 is 0 Å². The largest absolute Gasteiger partial charge is 0.435 e. The molecule has 0 radical (unpaired) electrons. The summed E-state index contributed by atoms with van der Waals surface area (Å²) in [7, 11) is 0. The summed E-state index contributed by atoms with van der Waals surface area (Å²) < 4.78 is 12.1. The van der Waals surface area contributed by atoms with Crippen LogP contribution in [0.3, 0.4) is 0 Å². The first-order valence-corrected chi connectivity index (χ1v) is 9.09. The van der Waals surface area contributed by atoms with E-state index in [0.717, 1.165) is 12.8 Å². The Hall–Kier alpha value is -0.830. The highest BCUT2D eigenvalue weighted by Crippen LogP contribution is 2.54. The zero-order valence-corrected chi connectivity index (χ0v) is 13.9. The Bertz CT molecular complexity index is 483. The second kappa shape index (κ2) is 5.36. The number of hydrogen-bond acceptors (Lipinski definition) is 3. The molecule has 22 heavy (non-hydrogen) atoms. The van der Waals surface area contributed by atoms with E-state index in [-0.39, 0.29) is 30.2 Å². The first-order valence-electron chi connectivity index (χ1n) is 9.09. The standard InChI is InChI=1S/C19H28O3/c1-10(2)14-7-4-11(3)8-15(14)21-19-17-13-6-5-12(9-13)16(17)18(20)22-19/h5-6,10-17,19H,4,7-9H2,1-3H3/t11?,12-,13+,14?,15?,16-,17+,19+/m0/s1. The molecule has 2 bridgehead atoms. The van der Waals surface area contributed by atoms with Crippen LogP contribution in [0.25, 0.3) is 0 Å². The van der Waals surface area contributed by atoms with Crippen molar-refractivity contribution in [1.29, 1.82) is 0 Å². The minimum absolute atomic E-state index is 0.0168. The number of hydrogen-bond donors (Lipinski definition) is 0. The molecule has 8 atom stereocenters. The van der Waals surface area contributed by atoms with E-state index in [0.29, 0.717) is 29.6 Å². The molecule has 3 heteroatoms. The van der Waals surface area contributed by atoms with Crippen LogP contribution in [0.4, 0.5) is 0 Å².